The summed E-state index contributed by atoms with van der Waals surface area (Å²) in [6, 6.07) is 10.6. The van der Waals surface area contributed by atoms with E-state index in [1.807, 2.05) is 0 Å². The Balaban J connectivity index is 1.24. The summed E-state index contributed by atoms with van der Waals surface area (Å²) in [6.07, 6.45) is 0.781. The molecule has 0 N–H and O–H groups in total. The van der Waals surface area contributed by atoms with E-state index in [0.717, 1.165) is 0 Å². The Hall–Kier alpha value is -4.00. The van der Waals surface area contributed by atoms with Gasteiger partial charge in [-0.3, -0.25) is 0 Å². The smallest absolute Gasteiger partial charge is 0.331 e. The van der Waals surface area contributed by atoms with E-state index in [9.17, 15) is 9.59 Å². The second-order valence-corrected chi connectivity index (χ2v) is 20.0. The number of esters is 2. The second kappa shape index (κ2) is 19.2. The van der Waals surface area contributed by atoms with Gasteiger partial charge in [0.2, 0.25) is 0 Å². The first kappa shape index (κ1) is 42.6. The number of rotatable bonds is 4. The number of hydrogen-bond acceptors (Lipinski definition) is 15. The van der Waals surface area contributed by atoms with Crippen LogP contribution in [0.4, 0.5) is 0 Å². The molecule has 0 aromatic heterocycles. The SMILES string of the molecule is COc1cc2ccc1OCCOCCOCCOCCOc1ccc(cc1OC)/C=C\C(=O)O[C@@H]1C3OC4O[C@@H]1C(O[Si](C)(C)C(C)(C)C)[C@H](O4)[C@H]3OC(=O)C=C2. The lowest BCUT2D eigenvalue weighted by atomic mass is 9.82. The van der Waals surface area contributed by atoms with Crippen LogP contribution in [0.25, 0.3) is 12.2 Å². The molecule has 312 valence electrons. The monoisotopic (exact) mass is 814 g/mol. The number of carbonyl (C=O) groups excluding carboxylic acids is 2. The molecule has 4 fully saturated rings. The van der Waals surface area contributed by atoms with Crippen molar-refractivity contribution in [3.05, 3.63) is 59.7 Å². The molecule has 15 nitrogen and oxygen atoms in total. The fourth-order valence-electron chi connectivity index (χ4n) is 6.44. The van der Waals surface area contributed by atoms with Crippen LogP contribution in [0.15, 0.2) is 48.6 Å². The average molecular weight is 815 g/mol. The molecule has 3 saturated heterocycles. The number of ether oxygens (including phenoxy) is 12. The molecule has 57 heavy (non-hydrogen) atoms. The Kier molecular flexibility index (Phi) is 14.3. The van der Waals surface area contributed by atoms with E-state index in [2.05, 4.69) is 33.9 Å². The lowest BCUT2D eigenvalue weighted by Gasteiger charge is -2.59. The molecule has 7 aliphatic heterocycles. The minimum Gasteiger partial charge on any atom is -0.493 e. The first-order valence-electron chi connectivity index (χ1n) is 19.1. The molecule has 2 aromatic rings. The highest BCUT2D eigenvalue weighted by Gasteiger charge is 2.66. The van der Waals surface area contributed by atoms with Crippen LogP contribution >= 0.6 is 0 Å². The van der Waals surface area contributed by atoms with Gasteiger partial charge in [0.05, 0.1) is 53.9 Å². The molecule has 0 radical (unpaired) electrons. The minimum absolute atomic E-state index is 0.171. The molecule has 7 atom stereocenters. The average Bonchev–Trinajstić information content (AvgIpc) is 3.18. The summed E-state index contributed by atoms with van der Waals surface area (Å²) in [6.45, 7) is 12.4. The lowest BCUT2D eigenvalue weighted by Crippen LogP contribution is -2.77. The largest absolute Gasteiger partial charge is 0.493 e. The predicted molar refractivity (Wildman–Crippen MR) is 208 cm³/mol. The van der Waals surface area contributed by atoms with Gasteiger partial charge in [0.1, 0.15) is 37.6 Å². The third-order valence-corrected chi connectivity index (χ3v) is 14.9. The molecule has 10 bridgehead atoms. The van der Waals surface area contributed by atoms with Gasteiger partial charge in [0.25, 0.3) is 6.48 Å². The van der Waals surface area contributed by atoms with Crippen LogP contribution in [0.5, 0.6) is 23.0 Å². The Morgan fingerprint density at radius 1 is 0.579 bits per heavy atom. The maximum Gasteiger partial charge on any atom is 0.331 e. The standard InChI is InChI=1S/C41H54O15Si/c1-41(2,3)57(6,7)56-39-37-34-36-35(38(39)55-40(53-36)54-37)52-33(43)15-11-27-9-13-29(31(25-27)45-5)50-23-21-48-19-17-46-16-18-47-20-22-49-28-12-8-26(24-30(28)44-4)10-14-32(42)51-34/h8-15,24-25,34-40H,16-23H2,1-7H3/b14-10-,15-11?/t34-,35+,36?,37+,38-,39?,40?/m1/s1. The fourth-order valence-corrected chi connectivity index (χ4v) is 7.74. The van der Waals surface area contributed by atoms with E-state index in [0.29, 0.717) is 87.0 Å². The van der Waals surface area contributed by atoms with Crippen LogP contribution in [0.1, 0.15) is 31.9 Å². The van der Waals surface area contributed by atoms with Crippen molar-refractivity contribution in [3.63, 3.8) is 0 Å². The van der Waals surface area contributed by atoms with E-state index in [-0.39, 0.29) is 5.04 Å². The van der Waals surface area contributed by atoms with Crippen molar-refractivity contribution in [3.8, 4) is 23.0 Å². The van der Waals surface area contributed by atoms with Crippen molar-refractivity contribution < 1.29 is 70.9 Å². The summed E-state index contributed by atoms with van der Waals surface area (Å²) < 4.78 is 76.9. The van der Waals surface area contributed by atoms with Crippen molar-refractivity contribution in [2.75, 3.05) is 67.1 Å². The molecule has 0 amide bonds. The van der Waals surface area contributed by atoms with Gasteiger partial charge in [-0.25, -0.2) is 9.59 Å². The number of carbonyl (C=O) groups is 2. The third kappa shape index (κ3) is 10.7. The number of benzene rings is 2. The molecule has 10 rings (SSSR count). The van der Waals surface area contributed by atoms with E-state index < -0.39 is 63.4 Å². The lowest BCUT2D eigenvalue weighted by molar-refractivity contribution is -0.478. The van der Waals surface area contributed by atoms with Crippen LogP contribution in [0, 0.1) is 0 Å². The summed E-state index contributed by atoms with van der Waals surface area (Å²) in [7, 11) is 0.623. The van der Waals surface area contributed by atoms with Crippen LogP contribution in [-0.2, 0) is 51.9 Å². The Labute approximate surface area is 334 Å². The van der Waals surface area contributed by atoms with Gasteiger partial charge in [-0.15, -0.1) is 0 Å². The van der Waals surface area contributed by atoms with Crippen molar-refractivity contribution in [2.24, 2.45) is 0 Å². The normalized spacial score (nSPS) is 28.6. The van der Waals surface area contributed by atoms with E-state index in [1.165, 1.54) is 26.4 Å². The van der Waals surface area contributed by atoms with Gasteiger partial charge in [0, 0.05) is 12.2 Å². The Morgan fingerprint density at radius 3 is 1.42 bits per heavy atom. The fraction of sp³-hybridized carbons (Fsp3) is 0.561. The first-order valence-corrected chi connectivity index (χ1v) is 22.0. The first-order chi connectivity index (χ1) is 27.4. The second-order valence-electron chi connectivity index (χ2n) is 15.3. The van der Waals surface area contributed by atoms with Crippen molar-refractivity contribution in [1.29, 1.82) is 0 Å². The molecular formula is C41H54O15Si. The predicted octanol–water partition coefficient (Wildman–Crippen LogP) is 4.95. The summed E-state index contributed by atoms with van der Waals surface area (Å²) in [4.78, 5) is 26.9. The summed E-state index contributed by atoms with van der Waals surface area (Å²) in [5.41, 5.74) is 1.34. The zero-order chi connectivity index (χ0) is 40.6. The Bertz CT molecular complexity index is 1630. The third-order valence-electron chi connectivity index (χ3n) is 10.4. The zero-order valence-corrected chi connectivity index (χ0v) is 34.6. The number of hydrogen-bond donors (Lipinski definition) is 0. The molecule has 2 aromatic carbocycles. The van der Waals surface area contributed by atoms with Crippen molar-refractivity contribution >= 4 is 32.4 Å². The van der Waals surface area contributed by atoms with Crippen molar-refractivity contribution in [1.82, 2.24) is 0 Å². The quantitative estimate of drug-likeness (QED) is 0.302. The van der Waals surface area contributed by atoms with Crippen LogP contribution in [0.2, 0.25) is 18.1 Å². The van der Waals surface area contributed by atoms with Gasteiger partial charge < -0.3 is 61.3 Å². The molecule has 1 aliphatic carbocycles. The van der Waals surface area contributed by atoms with Crippen molar-refractivity contribution in [2.45, 2.75) is 82.0 Å². The molecule has 3 unspecified atom stereocenters. The molecular weight excluding hydrogens is 761 g/mol. The highest BCUT2D eigenvalue weighted by molar-refractivity contribution is 6.74. The Morgan fingerprint density at radius 2 is 1.00 bits per heavy atom. The van der Waals surface area contributed by atoms with Crippen LogP contribution < -0.4 is 18.9 Å². The van der Waals surface area contributed by atoms with Gasteiger partial charge in [0.15, 0.2) is 43.5 Å². The summed E-state index contributed by atoms with van der Waals surface area (Å²) in [5.74, 6) is 0.691. The topological polar surface area (TPSA) is 154 Å². The summed E-state index contributed by atoms with van der Waals surface area (Å²) >= 11 is 0. The zero-order valence-electron chi connectivity index (χ0n) is 33.6. The van der Waals surface area contributed by atoms with Gasteiger partial charge in [-0.2, -0.15) is 0 Å². The van der Waals surface area contributed by atoms with Gasteiger partial charge in [-0.05, 0) is 65.7 Å². The maximum absolute atomic E-state index is 13.5. The van der Waals surface area contributed by atoms with Gasteiger partial charge in [-0.1, -0.05) is 32.9 Å². The highest BCUT2D eigenvalue weighted by atomic mass is 28.4. The minimum atomic E-state index is -2.45. The number of methoxy groups -OCH3 is 2. The van der Waals surface area contributed by atoms with E-state index in [4.69, 9.17) is 61.3 Å². The van der Waals surface area contributed by atoms with Gasteiger partial charge >= 0.3 is 11.9 Å². The summed E-state index contributed by atoms with van der Waals surface area (Å²) in [5, 5.41) is -0.171. The molecule has 16 heteroatoms. The maximum atomic E-state index is 13.5. The van der Waals surface area contributed by atoms with Crippen LogP contribution in [-0.4, -0.2) is 130 Å². The van der Waals surface area contributed by atoms with Crippen LogP contribution in [0.3, 0.4) is 0 Å². The molecule has 7 heterocycles. The van der Waals surface area contributed by atoms with E-state index in [1.54, 1.807) is 48.6 Å². The molecule has 0 spiro atoms. The highest BCUT2D eigenvalue weighted by Crippen LogP contribution is 2.47. The molecule has 1 saturated carbocycles. The molecule has 8 aliphatic rings. The van der Waals surface area contributed by atoms with E-state index >= 15 is 0 Å².